The fraction of sp³-hybridized carbons (Fsp3) is 0. The Hall–Kier alpha value is -0.0500. The van der Waals surface area contributed by atoms with E-state index in [9.17, 15) is 0 Å². The Bertz CT molecular complexity index is 140. The van der Waals surface area contributed by atoms with Gasteiger partial charge in [-0.3, -0.25) is 4.98 Å². The molecule has 0 bridgehead atoms. The maximum absolute atomic E-state index is 3.81. The van der Waals surface area contributed by atoms with Crippen molar-refractivity contribution in [1.82, 2.24) is 9.97 Å². The normalized spacial score (nSPS) is 7.50. The van der Waals surface area contributed by atoms with Gasteiger partial charge in [-0.25, -0.2) is 6.92 Å². The third-order valence-corrected chi connectivity index (χ3v) is 0.617. The summed E-state index contributed by atoms with van der Waals surface area (Å²) in [5, 5.41) is 0. The second-order valence-electron chi connectivity index (χ2n) is 1.20. The summed E-state index contributed by atoms with van der Waals surface area (Å²) in [4.78, 5) is 7.56. The molecular formula is C5H5N2Na. The first kappa shape index (κ1) is 7.95. The van der Waals surface area contributed by atoms with Crippen LogP contribution in [0, 0.1) is 6.92 Å². The van der Waals surface area contributed by atoms with E-state index in [1.54, 1.807) is 18.6 Å². The predicted octanol–water partition coefficient (Wildman–Crippen LogP) is -2.34. The van der Waals surface area contributed by atoms with Crippen molar-refractivity contribution < 1.29 is 29.6 Å². The Labute approximate surface area is 70.6 Å². The summed E-state index contributed by atoms with van der Waals surface area (Å²) in [7, 11) is 0. The molecule has 8 heavy (non-hydrogen) atoms. The molecule has 0 atom stereocenters. The Kier molecular flexibility index (Phi) is 3.87. The SMILES string of the molecule is [CH2-]c1cnccn1.[Na+]. The van der Waals surface area contributed by atoms with Crippen molar-refractivity contribution in [3.8, 4) is 0 Å². The van der Waals surface area contributed by atoms with E-state index in [0.717, 1.165) is 0 Å². The molecule has 1 rings (SSSR count). The maximum atomic E-state index is 3.81. The van der Waals surface area contributed by atoms with Gasteiger partial charge in [0.15, 0.2) is 0 Å². The molecule has 0 radical (unpaired) electrons. The average Bonchev–Trinajstić information content (AvgIpc) is 1.69. The first-order valence-electron chi connectivity index (χ1n) is 1.97. The molecule has 0 aliphatic heterocycles. The van der Waals surface area contributed by atoms with Gasteiger partial charge < -0.3 is 4.98 Å². The van der Waals surface area contributed by atoms with Crippen LogP contribution in [0.4, 0.5) is 0 Å². The summed E-state index contributed by atoms with van der Waals surface area (Å²) >= 11 is 0. The van der Waals surface area contributed by atoms with Gasteiger partial charge in [0.2, 0.25) is 0 Å². The first-order valence-corrected chi connectivity index (χ1v) is 1.97. The van der Waals surface area contributed by atoms with E-state index in [1.165, 1.54) is 0 Å². The molecule has 0 saturated carbocycles. The molecule has 0 spiro atoms. The Balaban J connectivity index is 0.000000490. The van der Waals surface area contributed by atoms with Crippen LogP contribution in [-0.4, -0.2) is 9.97 Å². The summed E-state index contributed by atoms with van der Waals surface area (Å²) in [6.45, 7) is 3.55. The zero-order valence-electron chi connectivity index (χ0n) is 4.83. The quantitative estimate of drug-likeness (QED) is 0.280. The van der Waals surface area contributed by atoms with E-state index in [1.807, 2.05) is 0 Å². The van der Waals surface area contributed by atoms with Gasteiger partial charge in [0.1, 0.15) is 0 Å². The molecule has 1 aromatic rings. The minimum atomic E-state index is 0. The van der Waals surface area contributed by atoms with Gasteiger partial charge in [-0.15, -0.1) is 0 Å². The summed E-state index contributed by atoms with van der Waals surface area (Å²) < 4.78 is 0. The minimum absolute atomic E-state index is 0. The van der Waals surface area contributed by atoms with Crippen molar-refractivity contribution in [1.29, 1.82) is 0 Å². The van der Waals surface area contributed by atoms with Crippen molar-refractivity contribution >= 4 is 0 Å². The van der Waals surface area contributed by atoms with E-state index in [-0.39, 0.29) is 29.6 Å². The average molecular weight is 116 g/mol. The number of nitrogens with zero attached hydrogens (tertiary/aromatic N) is 2. The number of hydrogen-bond acceptors (Lipinski definition) is 2. The molecule has 0 N–H and O–H groups in total. The molecule has 0 aliphatic rings. The van der Waals surface area contributed by atoms with Crippen LogP contribution in [-0.2, 0) is 0 Å². The van der Waals surface area contributed by atoms with Gasteiger partial charge in [-0.05, 0) is 0 Å². The zero-order chi connectivity index (χ0) is 5.11. The fourth-order valence-corrected chi connectivity index (χ4v) is 0.330. The second-order valence-corrected chi connectivity index (χ2v) is 1.20. The molecule has 0 saturated heterocycles. The predicted molar refractivity (Wildman–Crippen MR) is 26.5 cm³/mol. The topological polar surface area (TPSA) is 25.8 Å². The first-order chi connectivity index (χ1) is 3.39. The number of rotatable bonds is 0. The van der Waals surface area contributed by atoms with Crippen LogP contribution in [0.15, 0.2) is 18.6 Å². The molecule has 0 aliphatic carbocycles. The fourth-order valence-electron chi connectivity index (χ4n) is 0.330. The number of aromatic nitrogens is 2. The van der Waals surface area contributed by atoms with Gasteiger partial charge in [0.25, 0.3) is 0 Å². The third kappa shape index (κ3) is 2.31. The van der Waals surface area contributed by atoms with Crippen LogP contribution < -0.4 is 29.6 Å². The third-order valence-electron chi connectivity index (χ3n) is 0.617. The molecule has 0 amide bonds. The molecule has 2 nitrogen and oxygen atoms in total. The van der Waals surface area contributed by atoms with Crippen molar-refractivity contribution in [3.63, 3.8) is 0 Å². The molecule has 0 unspecified atom stereocenters. The molecule has 0 aromatic carbocycles. The van der Waals surface area contributed by atoms with E-state index < -0.39 is 0 Å². The van der Waals surface area contributed by atoms with Gasteiger partial charge in [-0.2, -0.15) is 0 Å². The van der Waals surface area contributed by atoms with Gasteiger partial charge in [-0.1, -0.05) is 11.9 Å². The summed E-state index contributed by atoms with van der Waals surface area (Å²) in [5.41, 5.74) is 0.711. The molecule has 36 valence electrons. The van der Waals surface area contributed by atoms with E-state index in [0.29, 0.717) is 5.69 Å². The van der Waals surface area contributed by atoms with E-state index in [4.69, 9.17) is 0 Å². The Morgan fingerprint density at radius 2 is 2.12 bits per heavy atom. The summed E-state index contributed by atoms with van der Waals surface area (Å²) in [6.07, 6.45) is 4.84. The van der Waals surface area contributed by atoms with Crippen molar-refractivity contribution in [2.24, 2.45) is 0 Å². The van der Waals surface area contributed by atoms with Crippen molar-refractivity contribution in [2.75, 3.05) is 0 Å². The summed E-state index contributed by atoms with van der Waals surface area (Å²) in [5.74, 6) is 0. The van der Waals surface area contributed by atoms with Crippen LogP contribution in [0.1, 0.15) is 5.69 Å². The van der Waals surface area contributed by atoms with Crippen LogP contribution in [0.5, 0.6) is 0 Å². The van der Waals surface area contributed by atoms with E-state index >= 15 is 0 Å². The largest absolute Gasteiger partial charge is 1.00 e. The summed E-state index contributed by atoms with van der Waals surface area (Å²) in [6, 6.07) is 0. The Morgan fingerprint density at radius 1 is 1.38 bits per heavy atom. The van der Waals surface area contributed by atoms with Crippen LogP contribution in [0.3, 0.4) is 0 Å². The maximum Gasteiger partial charge on any atom is 1.00 e. The number of hydrogen-bond donors (Lipinski definition) is 0. The molecule has 3 heteroatoms. The van der Waals surface area contributed by atoms with Gasteiger partial charge in [0, 0.05) is 12.4 Å². The zero-order valence-corrected chi connectivity index (χ0v) is 6.83. The second kappa shape index (κ2) is 3.89. The van der Waals surface area contributed by atoms with Crippen LogP contribution >= 0.6 is 0 Å². The monoisotopic (exact) mass is 116 g/mol. The van der Waals surface area contributed by atoms with Crippen LogP contribution in [0.25, 0.3) is 0 Å². The smallest absolute Gasteiger partial charge is 0.355 e. The van der Waals surface area contributed by atoms with Crippen molar-refractivity contribution in [2.45, 2.75) is 0 Å². The van der Waals surface area contributed by atoms with E-state index in [2.05, 4.69) is 16.9 Å². The standard InChI is InChI=1S/C5H5N2.Na/c1-5-4-6-2-3-7-5;/h2-4H,1H2;/q-1;+1. The van der Waals surface area contributed by atoms with Gasteiger partial charge >= 0.3 is 29.6 Å². The van der Waals surface area contributed by atoms with Crippen molar-refractivity contribution in [3.05, 3.63) is 31.2 Å². The van der Waals surface area contributed by atoms with Gasteiger partial charge in [0.05, 0.1) is 0 Å². The van der Waals surface area contributed by atoms with Crippen LogP contribution in [0.2, 0.25) is 0 Å². The molecule has 0 fully saturated rings. The minimum Gasteiger partial charge on any atom is -0.355 e. The Morgan fingerprint density at radius 3 is 2.38 bits per heavy atom. The molecular weight excluding hydrogens is 111 g/mol. The molecule has 1 heterocycles. The molecule has 1 aromatic heterocycles.